The number of esters is 2. The summed E-state index contributed by atoms with van der Waals surface area (Å²) in [4.78, 5) is 34.8. The van der Waals surface area contributed by atoms with E-state index < -0.39 is 23.9 Å². The van der Waals surface area contributed by atoms with Crippen molar-refractivity contribution in [3.05, 3.63) is 47.0 Å². The SMILES string of the molecule is COC(=O)/C=C/C[C@@H](NC(=O)c1ccccc1Cl)C(=O)OC. The maximum Gasteiger partial charge on any atom is 0.330 e. The summed E-state index contributed by atoms with van der Waals surface area (Å²) in [5.74, 6) is -1.69. The quantitative estimate of drug-likeness (QED) is 0.636. The first-order valence-corrected chi connectivity index (χ1v) is 6.75. The van der Waals surface area contributed by atoms with Crippen LogP contribution in [0.25, 0.3) is 0 Å². The van der Waals surface area contributed by atoms with E-state index in [1.165, 1.54) is 26.4 Å². The molecular formula is C15H16ClNO5. The zero-order valence-electron chi connectivity index (χ0n) is 12.2. The molecule has 1 amide bonds. The fourth-order valence-electron chi connectivity index (χ4n) is 1.61. The van der Waals surface area contributed by atoms with Crippen LogP contribution in [0.4, 0.5) is 0 Å². The van der Waals surface area contributed by atoms with Gasteiger partial charge in [0.05, 0.1) is 24.8 Å². The third-order valence-electron chi connectivity index (χ3n) is 2.74. The molecule has 1 N–H and O–H groups in total. The molecule has 0 spiro atoms. The van der Waals surface area contributed by atoms with Crippen LogP contribution < -0.4 is 5.32 Å². The van der Waals surface area contributed by atoms with Crippen LogP contribution in [-0.4, -0.2) is 38.1 Å². The van der Waals surface area contributed by atoms with Gasteiger partial charge in [0.2, 0.25) is 0 Å². The molecule has 22 heavy (non-hydrogen) atoms. The zero-order valence-corrected chi connectivity index (χ0v) is 12.9. The summed E-state index contributed by atoms with van der Waals surface area (Å²) >= 11 is 5.93. The van der Waals surface area contributed by atoms with Gasteiger partial charge in [0, 0.05) is 6.08 Å². The van der Waals surface area contributed by atoms with Gasteiger partial charge in [-0.2, -0.15) is 0 Å². The molecule has 0 radical (unpaired) electrons. The third-order valence-corrected chi connectivity index (χ3v) is 3.07. The summed E-state index contributed by atoms with van der Waals surface area (Å²) in [5, 5.41) is 2.79. The van der Waals surface area contributed by atoms with Crippen LogP contribution in [0.15, 0.2) is 36.4 Å². The number of halogens is 1. The Morgan fingerprint density at radius 1 is 1.23 bits per heavy atom. The van der Waals surface area contributed by atoms with E-state index in [1.807, 2.05) is 0 Å². The van der Waals surface area contributed by atoms with Gasteiger partial charge in [-0.05, 0) is 18.6 Å². The van der Waals surface area contributed by atoms with E-state index in [2.05, 4.69) is 14.8 Å². The molecule has 0 saturated heterocycles. The molecule has 7 heteroatoms. The maximum atomic E-state index is 12.1. The molecule has 0 aliphatic carbocycles. The largest absolute Gasteiger partial charge is 0.467 e. The second-order valence-electron chi connectivity index (χ2n) is 4.19. The standard InChI is InChI=1S/C15H16ClNO5/c1-21-13(18)9-5-8-12(15(20)22-2)17-14(19)10-6-3-4-7-11(10)16/h3-7,9,12H,8H2,1-2H3,(H,17,19)/b9-5+/t12-/m1/s1. The van der Waals surface area contributed by atoms with E-state index in [0.29, 0.717) is 0 Å². The lowest BCUT2D eigenvalue weighted by molar-refractivity contribution is -0.143. The summed E-state index contributed by atoms with van der Waals surface area (Å²) in [6.07, 6.45) is 2.66. The molecule has 1 rings (SSSR count). The number of hydrogen-bond donors (Lipinski definition) is 1. The van der Waals surface area contributed by atoms with Crippen molar-refractivity contribution in [3.63, 3.8) is 0 Å². The zero-order chi connectivity index (χ0) is 16.5. The van der Waals surface area contributed by atoms with Crippen molar-refractivity contribution in [1.82, 2.24) is 5.32 Å². The minimum Gasteiger partial charge on any atom is -0.467 e. The Bertz CT molecular complexity index is 585. The molecule has 1 aromatic carbocycles. The Morgan fingerprint density at radius 3 is 2.50 bits per heavy atom. The number of methoxy groups -OCH3 is 2. The Kier molecular flexibility index (Phi) is 7.12. The maximum absolute atomic E-state index is 12.1. The van der Waals surface area contributed by atoms with Crippen molar-refractivity contribution in [2.24, 2.45) is 0 Å². The van der Waals surface area contributed by atoms with Crippen molar-refractivity contribution in [2.45, 2.75) is 12.5 Å². The molecule has 0 saturated carbocycles. The monoisotopic (exact) mass is 325 g/mol. The average Bonchev–Trinajstić information content (AvgIpc) is 2.53. The van der Waals surface area contributed by atoms with Crippen LogP contribution in [-0.2, 0) is 19.1 Å². The average molecular weight is 326 g/mol. The van der Waals surface area contributed by atoms with E-state index in [1.54, 1.807) is 18.2 Å². The smallest absolute Gasteiger partial charge is 0.330 e. The number of carbonyl (C=O) groups excluding carboxylic acids is 3. The van der Waals surface area contributed by atoms with E-state index in [-0.39, 0.29) is 17.0 Å². The second-order valence-corrected chi connectivity index (χ2v) is 4.60. The first-order chi connectivity index (χ1) is 10.5. The van der Waals surface area contributed by atoms with Crippen molar-refractivity contribution >= 4 is 29.4 Å². The highest BCUT2D eigenvalue weighted by Gasteiger charge is 2.22. The molecule has 118 valence electrons. The Hall–Kier alpha value is -2.34. The van der Waals surface area contributed by atoms with E-state index >= 15 is 0 Å². The lowest BCUT2D eigenvalue weighted by Gasteiger charge is -2.15. The number of amides is 1. The normalized spacial score (nSPS) is 11.8. The minimum atomic E-state index is -0.935. The number of nitrogens with one attached hydrogen (secondary N) is 1. The van der Waals surface area contributed by atoms with Gasteiger partial charge in [-0.3, -0.25) is 4.79 Å². The van der Waals surface area contributed by atoms with Gasteiger partial charge in [0.1, 0.15) is 6.04 Å². The van der Waals surface area contributed by atoms with Gasteiger partial charge in [-0.25, -0.2) is 9.59 Å². The van der Waals surface area contributed by atoms with E-state index in [0.717, 1.165) is 6.08 Å². The van der Waals surface area contributed by atoms with Gasteiger partial charge in [-0.1, -0.05) is 29.8 Å². The third kappa shape index (κ3) is 5.21. The highest BCUT2D eigenvalue weighted by atomic mass is 35.5. The predicted octanol–water partition coefficient (Wildman–Crippen LogP) is 1.73. The summed E-state index contributed by atoms with van der Waals surface area (Å²) < 4.78 is 9.06. The summed E-state index contributed by atoms with van der Waals surface area (Å²) in [6, 6.07) is 5.52. The summed E-state index contributed by atoms with van der Waals surface area (Å²) in [5.41, 5.74) is 0.245. The number of hydrogen-bond acceptors (Lipinski definition) is 5. The molecule has 6 nitrogen and oxygen atoms in total. The molecule has 1 atom stereocenters. The van der Waals surface area contributed by atoms with E-state index in [4.69, 9.17) is 11.6 Å². The van der Waals surface area contributed by atoms with E-state index in [9.17, 15) is 14.4 Å². The highest BCUT2D eigenvalue weighted by molar-refractivity contribution is 6.33. The molecular weight excluding hydrogens is 310 g/mol. The number of carbonyl (C=O) groups is 3. The van der Waals surface area contributed by atoms with Crippen molar-refractivity contribution < 1.29 is 23.9 Å². The predicted molar refractivity (Wildman–Crippen MR) is 80.5 cm³/mol. The summed E-state index contributed by atoms with van der Waals surface area (Å²) in [7, 11) is 2.45. The van der Waals surface area contributed by atoms with Crippen LogP contribution in [0, 0.1) is 0 Å². The minimum absolute atomic E-state index is 0.0813. The van der Waals surface area contributed by atoms with Crippen LogP contribution in [0.2, 0.25) is 5.02 Å². The van der Waals surface area contributed by atoms with Crippen LogP contribution in [0.3, 0.4) is 0 Å². The molecule has 0 aliphatic heterocycles. The van der Waals surface area contributed by atoms with Crippen molar-refractivity contribution in [3.8, 4) is 0 Å². The van der Waals surface area contributed by atoms with Gasteiger partial charge < -0.3 is 14.8 Å². The Morgan fingerprint density at radius 2 is 1.91 bits per heavy atom. The number of benzene rings is 1. The molecule has 0 fully saturated rings. The van der Waals surface area contributed by atoms with Gasteiger partial charge >= 0.3 is 11.9 Å². The lowest BCUT2D eigenvalue weighted by Crippen LogP contribution is -2.41. The first kappa shape index (κ1) is 17.7. The number of rotatable bonds is 6. The summed E-state index contributed by atoms with van der Waals surface area (Å²) in [6.45, 7) is 0. The molecule has 0 heterocycles. The fraction of sp³-hybridized carbons (Fsp3) is 0.267. The fourth-order valence-corrected chi connectivity index (χ4v) is 1.83. The lowest BCUT2D eigenvalue weighted by atomic mass is 10.1. The van der Waals surface area contributed by atoms with Gasteiger partial charge in [-0.15, -0.1) is 0 Å². The van der Waals surface area contributed by atoms with Crippen LogP contribution >= 0.6 is 11.6 Å². The molecule has 0 unspecified atom stereocenters. The van der Waals surface area contributed by atoms with Crippen LogP contribution in [0.1, 0.15) is 16.8 Å². The molecule has 0 bridgehead atoms. The first-order valence-electron chi connectivity index (χ1n) is 6.37. The number of ether oxygens (including phenoxy) is 2. The second kappa shape index (κ2) is 8.84. The van der Waals surface area contributed by atoms with Gasteiger partial charge in [0.15, 0.2) is 0 Å². The van der Waals surface area contributed by atoms with Crippen molar-refractivity contribution in [2.75, 3.05) is 14.2 Å². The van der Waals surface area contributed by atoms with Gasteiger partial charge in [0.25, 0.3) is 5.91 Å². The Labute approximate surface area is 133 Å². The molecule has 0 aromatic heterocycles. The van der Waals surface area contributed by atoms with Crippen molar-refractivity contribution in [1.29, 1.82) is 0 Å². The highest BCUT2D eigenvalue weighted by Crippen LogP contribution is 2.15. The molecule has 1 aromatic rings. The Balaban J connectivity index is 2.79. The molecule has 0 aliphatic rings. The topological polar surface area (TPSA) is 81.7 Å². The van der Waals surface area contributed by atoms with Crippen LogP contribution in [0.5, 0.6) is 0 Å².